The van der Waals surface area contributed by atoms with Gasteiger partial charge in [-0.3, -0.25) is 4.79 Å². The van der Waals surface area contributed by atoms with E-state index < -0.39 is 0 Å². The molecule has 0 fully saturated rings. The molecule has 0 bridgehead atoms. The summed E-state index contributed by atoms with van der Waals surface area (Å²) in [6.07, 6.45) is 0.789. The number of hydrogen-bond acceptors (Lipinski definition) is 3. The number of carbonyl (C=O) groups excluding carboxylic acids is 2. The molecule has 0 saturated heterocycles. The Labute approximate surface area is 182 Å². The highest BCUT2D eigenvalue weighted by Gasteiger charge is 2.06. The van der Waals surface area contributed by atoms with Gasteiger partial charge in [0.1, 0.15) is 5.75 Å². The van der Waals surface area contributed by atoms with Crippen LogP contribution in [0.15, 0.2) is 78.9 Å². The molecule has 3 aromatic rings. The van der Waals surface area contributed by atoms with Crippen molar-refractivity contribution in [2.24, 2.45) is 0 Å². The first kappa shape index (κ1) is 21.9. The van der Waals surface area contributed by atoms with Crippen molar-refractivity contribution in [3.05, 3.63) is 101 Å². The van der Waals surface area contributed by atoms with Crippen molar-refractivity contribution in [3.63, 3.8) is 0 Å². The Morgan fingerprint density at radius 3 is 2.06 bits per heavy atom. The average molecular weight is 418 g/mol. The molecule has 3 aromatic carbocycles. The smallest absolute Gasteiger partial charge is 0.315 e. The third kappa shape index (κ3) is 7.19. The summed E-state index contributed by atoms with van der Waals surface area (Å²) in [5, 5.41) is 8.64. The Kier molecular flexibility index (Phi) is 8.05. The predicted molar refractivity (Wildman–Crippen MR) is 121 cm³/mol. The van der Waals surface area contributed by atoms with Crippen LogP contribution in [-0.2, 0) is 19.5 Å². The summed E-state index contributed by atoms with van der Waals surface area (Å²) in [4.78, 5) is 24.3. The fourth-order valence-electron chi connectivity index (χ4n) is 3.09. The van der Waals surface area contributed by atoms with Crippen LogP contribution >= 0.6 is 0 Å². The molecule has 0 heterocycles. The van der Waals surface area contributed by atoms with E-state index in [4.69, 9.17) is 4.74 Å². The van der Waals surface area contributed by atoms with Gasteiger partial charge >= 0.3 is 6.03 Å². The number of nitrogens with one attached hydrogen (secondary N) is 3. The number of amides is 3. The zero-order valence-corrected chi connectivity index (χ0v) is 17.6. The summed E-state index contributed by atoms with van der Waals surface area (Å²) in [7, 11) is 1.59. The van der Waals surface area contributed by atoms with E-state index in [2.05, 4.69) is 16.0 Å². The van der Waals surface area contributed by atoms with Crippen molar-refractivity contribution in [2.75, 3.05) is 13.7 Å². The number of ether oxygens (including phenoxy) is 1. The van der Waals surface area contributed by atoms with Crippen LogP contribution in [0.3, 0.4) is 0 Å². The minimum absolute atomic E-state index is 0.149. The summed E-state index contributed by atoms with van der Waals surface area (Å²) in [5.41, 5.74) is 3.69. The van der Waals surface area contributed by atoms with Crippen molar-refractivity contribution < 1.29 is 14.3 Å². The van der Waals surface area contributed by atoms with E-state index in [1.54, 1.807) is 31.4 Å². The van der Waals surface area contributed by atoms with Crippen molar-refractivity contribution in [3.8, 4) is 5.75 Å². The van der Waals surface area contributed by atoms with Crippen LogP contribution < -0.4 is 20.7 Å². The van der Waals surface area contributed by atoms with Gasteiger partial charge in [0, 0.05) is 25.2 Å². The summed E-state index contributed by atoms with van der Waals surface area (Å²) < 4.78 is 5.11. The molecule has 6 heteroatoms. The third-order valence-corrected chi connectivity index (χ3v) is 4.79. The first-order chi connectivity index (χ1) is 15.1. The average Bonchev–Trinajstić information content (AvgIpc) is 2.82. The van der Waals surface area contributed by atoms with Gasteiger partial charge in [-0.25, -0.2) is 4.79 Å². The fourth-order valence-corrected chi connectivity index (χ4v) is 3.09. The molecule has 0 aromatic heterocycles. The van der Waals surface area contributed by atoms with E-state index in [1.807, 2.05) is 54.6 Å². The maximum Gasteiger partial charge on any atom is 0.315 e. The molecule has 3 amide bonds. The van der Waals surface area contributed by atoms with Gasteiger partial charge in [0.2, 0.25) is 0 Å². The van der Waals surface area contributed by atoms with E-state index in [0.717, 1.165) is 17.5 Å². The van der Waals surface area contributed by atoms with Gasteiger partial charge in [-0.05, 0) is 47.4 Å². The summed E-state index contributed by atoms with van der Waals surface area (Å²) in [6, 6.07) is 24.6. The lowest BCUT2D eigenvalue weighted by molar-refractivity contribution is 0.0951. The normalized spacial score (nSPS) is 10.2. The summed E-state index contributed by atoms with van der Waals surface area (Å²) in [5.74, 6) is 0.560. The first-order valence-electron chi connectivity index (χ1n) is 10.2. The lowest BCUT2D eigenvalue weighted by atomic mass is 10.1. The Bertz CT molecular complexity index is 988. The summed E-state index contributed by atoms with van der Waals surface area (Å²) in [6.45, 7) is 1.40. The number of urea groups is 1. The largest absolute Gasteiger partial charge is 0.497 e. The molecular weight excluding hydrogens is 390 g/mol. The number of methoxy groups -OCH3 is 1. The van der Waals surface area contributed by atoms with Crippen molar-refractivity contribution in [1.82, 2.24) is 16.0 Å². The van der Waals surface area contributed by atoms with Gasteiger partial charge in [-0.15, -0.1) is 0 Å². The molecule has 0 aliphatic rings. The Morgan fingerprint density at radius 1 is 0.742 bits per heavy atom. The molecule has 31 heavy (non-hydrogen) atoms. The molecule has 0 aliphatic carbocycles. The van der Waals surface area contributed by atoms with Crippen LogP contribution in [0.4, 0.5) is 4.79 Å². The molecule has 3 rings (SSSR count). The molecule has 0 spiro atoms. The Balaban J connectivity index is 1.41. The maximum absolute atomic E-state index is 12.3. The quantitative estimate of drug-likeness (QED) is 0.497. The molecule has 160 valence electrons. The molecule has 3 N–H and O–H groups in total. The SMILES string of the molecule is COc1ccc(C(=O)NCc2cccc(CNC(=O)NCCc3ccccc3)c2)cc1. The standard InChI is InChI=1S/C25H27N3O3/c1-31-23-12-10-22(11-13-23)24(29)27-17-20-8-5-9-21(16-20)18-28-25(30)26-15-14-19-6-3-2-4-7-19/h2-13,16H,14-15,17-18H2,1H3,(H,27,29)(H2,26,28,30). The highest BCUT2D eigenvalue weighted by Crippen LogP contribution is 2.11. The topological polar surface area (TPSA) is 79.5 Å². The van der Waals surface area contributed by atoms with Crippen molar-refractivity contribution in [2.45, 2.75) is 19.5 Å². The van der Waals surface area contributed by atoms with Gasteiger partial charge in [0.05, 0.1) is 7.11 Å². The summed E-state index contributed by atoms with van der Waals surface area (Å²) >= 11 is 0. The van der Waals surface area contributed by atoms with Gasteiger partial charge in [0.15, 0.2) is 0 Å². The Morgan fingerprint density at radius 2 is 1.39 bits per heavy atom. The molecule has 0 radical (unpaired) electrons. The molecule has 0 atom stereocenters. The van der Waals surface area contributed by atoms with Gasteiger partial charge in [-0.2, -0.15) is 0 Å². The molecule has 0 aliphatic heterocycles. The minimum Gasteiger partial charge on any atom is -0.497 e. The van der Waals surface area contributed by atoms with Gasteiger partial charge in [-0.1, -0.05) is 54.6 Å². The predicted octanol–water partition coefficient (Wildman–Crippen LogP) is 3.67. The van der Waals surface area contributed by atoms with E-state index in [0.29, 0.717) is 30.9 Å². The number of rotatable bonds is 9. The lowest BCUT2D eigenvalue weighted by Crippen LogP contribution is -2.36. The molecule has 0 saturated carbocycles. The van der Waals surface area contributed by atoms with Gasteiger partial charge in [0.25, 0.3) is 5.91 Å². The second kappa shape index (κ2) is 11.4. The first-order valence-corrected chi connectivity index (χ1v) is 10.2. The zero-order chi connectivity index (χ0) is 21.9. The number of hydrogen-bond donors (Lipinski definition) is 3. The van der Waals surface area contributed by atoms with E-state index in [-0.39, 0.29) is 11.9 Å². The second-order valence-corrected chi connectivity index (χ2v) is 7.08. The van der Waals surface area contributed by atoms with Crippen LogP contribution in [0.5, 0.6) is 5.75 Å². The van der Waals surface area contributed by atoms with E-state index in [1.165, 1.54) is 5.56 Å². The second-order valence-electron chi connectivity index (χ2n) is 7.08. The van der Waals surface area contributed by atoms with Crippen molar-refractivity contribution in [1.29, 1.82) is 0 Å². The molecule has 0 unspecified atom stereocenters. The Hall–Kier alpha value is -3.80. The van der Waals surface area contributed by atoms with Crippen molar-refractivity contribution >= 4 is 11.9 Å². The highest BCUT2D eigenvalue weighted by atomic mass is 16.5. The minimum atomic E-state index is -0.200. The fraction of sp³-hybridized carbons (Fsp3) is 0.200. The lowest BCUT2D eigenvalue weighted by Gasteiger charge is -2.10. The van der Waals surface area contributed by atoms with E-state index in [9.17, 15) is 9.59 Å². The number of carbonyl (C=O) groups is 2. The van der Waals surface area contributed by atoms with Crippen LogP contribution in [-0.4, -0.2) is 25.6 Å². The van der Waals surface area contributed by atoms with Crippen LogP contribution in [0, 0.1) is 0 Å². The van der Waals surface area contributed by atoms with E-state index >= 15 is 0 Å². The zero-order valence-electron chi connectivity index (χ0n) is 17.6. The highest BCUT2D eigenvalue weighted by molar-refractivity contribution is 5.94. The maximum atomic E-state index is 12.3. The van der Waals surface area contributed by atoms with Crippen LogP contribution in [0.2, 0.25) is 0 Å². The van der Waals surface area contributed by atoms with Crippen LogP contribution in [0.1, 0.15) is 27.0 Å². The molecule has 6 nitrogen and oxygen atoms in total. The van der Waals surface area contributed by atoms with Gasteiger partial charge < -0.3 is 20.7 Å². The van der Waals surface area contributed by atoms with Crippen LogP contribution in [0.25, 0.3) is 0 Å². The number of benzene rings is 3. The third-order valence-electron chi connectivity index (χ3n) is 4.79. The monoisotopic (exact) mass is 417 g/mol. The molecular formula is C25H27N3O3.